The van der Waals surface area contributed by atoms with Crippen LogP contribution in [0.4, 0.5) is 4.39 Å². The number of phenolic OH excluding ortho intramolecular Hbond substituents is 1. The molecule has 0 saturated carbocycles. The fraction of sp³-hybridized carbons (Fsp3) is 0.222. The smallest absolute Gasteiger partial charge is 0.307 e. The van der Waals surface area contributed by atoms with Gasteiger partial charge in [-0.05, 0) is 6.07 Å². The highest BCUT2D eigenvalue weighted by atomic mass is 19.1. The Bertz CT molecular complexity index is 362. The second kappa shape index (κ2) is 3.95. The molecule has 0 aliphatic heterocycles. The van der Waals surface area contributed by atoms with Gasteiger partial charge in [-0.3, -0.25) is 4.79 Å². The molecule has 76 valence electrons. The molecule has 1 aromatic carbocycles. The molecule has 0 atom stereocenters. The van der Waals surface area contributed by atoms with Gasteiger partial charge in [-0.2, -0.15) is 0 Å². The minimum Gasteiger partial charge on any atom is -0.502 e. The molecular weight excluding hydrogens is 191 g/mol. The number of carbonyl (C=O) groups is 1. The Balaban J connectivity index is 3.10. The number of ether oxygens (including phenoxy) is 1. The van der Waals surface area contributed by atoms with Crippen molar-refractivity contribution in [3.63, 3.8) is 0 Å². The van der Waals surface area contributed by atoms with Crippen LogP contribution in [0.3, 0.4) is 0 Å². The fourth-order valence-electron chi connectivity index (χ4n) is 1.05. The second-order valence-corrected chi connectivity index (χ2v) is 2.66. The van der Waals surface area contributed by atoms with Gasteiger partial charge in [0.1, 0.15) is 0 Å². The van der Waals surface area contributed by atoms with Crippen LogP contribution in [-0.4, -0.2) is 23.3 Å². The van der Waals surface area contributed by atoms with Crippen LogP contribution in [0, 0.1) is 5.82 Å². The number of carboxylic acid groups (broad SMARTS) is 1. The summed E-state index contributed by atoms with van der Waals surface area (Å²) in [7, 11) is 1.28. The molecule has 0 saturated heterocycles. The van der Waals surface area contributed by atoms with E-state index in [1.807, 2.05) is 0 Å². The highest BCUT2D eigenvalue weighted by Crippen LogP contribution is 2.30. The molecule has 14 heavy (non-hydrogen) atoms. The zero-order valence-electron chi connectivity index (χ0n) is 7.45. The third-order valence-corrected chi connectivity index (χ3v) is 1.72. The van der Waals surface area contributed by atoms with Gasteiger partial charge >= 0.3 is 5.97 Å². The summed E-state index contributed by atoms with van der Waals surface area (Å²) in [6, 6.07) is 2.58. The molecule has 0 aromatic heterocycles. The van der Waals surface area contributed by atoms with Gasteiger partial charge < -0.3 is 14.9 Å². The molecule has 2 N–H and O–H groups in total. The molecule has 1 aromatic rings. The number of benzene rings is 1. The molecule has 0 aliphatic rings. The Morgan fingerprint density at radius 2 is 2.21 bits per heavy atom. The van der Waals surface area contributed by atoms with Crippen molar-refractivity contribution < 1.29 is 24.1 Å². The average Bonchev–Trinajstić information content (AvgIpc) is 2.13. The molecule has 0 spiro atoms. The summed E-state index contributed by atoms with van der Waals surface area (Å²) in [5.41, 5.74) is -0.0733. The first-order valence-electron chi connectivity index (χ1n) is 3.82. The minimum atomic E-state index is -1.16. The summed E-state index contributed by atoms with van der Waals surface area (Å²) < 4.78 is 17.9. The Labute approximate surface area is 79.6 Å². The average molecular weight is 200 g/mol. The van der Waals surface area contributed by atoms with Crippen LogP contribution in [0.25, 0.3) is 0 Å². The number of methoxy groups -OCH3 is 1. The van der Waals surface area contributed by atoms with E-state index in [4.69, 9.17) is 5.11 Å². The third-order valence-electron chi connectivity index (χ3n) is 1.72. The van der Waals surface area contributed by atoms with E-state index in [0.717, 1.165) is 0 Å². The Hall–Kier alpha value is -1.78. The molecule has 1 rings (SSSR count). The number of hydrogen-bond acceptors (Lipinski definition) is 3. The second-order valence-electron chi connectivity index (χ2n) is 2.66. The molecule has 4 nitrogen and oxygen atoms in total. The van der Waals surface area contributed by atoms with Crippen molar-refractivity contribution in [3.05, 3.63) is 23.5 Å². The van der Waals surface area contributed by atoms with E-state index in [1.165, 1.54) is 19.2 Å². The highest BCUT2D eigenvalue weighted by Gasteiger charge is 2.14. The molecule has 0 heterocycles. The lowest BCUT2D eigenvalue weighted by molar-refractivity contribution is -0.136. The molecule has 0 fully saturated rings. The van der Waals surface area contributed by atoms with Crippen molar-refractivity contribution in [2.75, 3.05) is 7.11 Å². The summed E-state index contributed by atoms with van der Waals surface area (Å²) >= 11 is 0. The summed E-state index contributed by atoms with van der Waals surface area (Å²) in [5, 5.41) is 17.6. The van der Waals surface area contributed by atoms with E-state index in [2.05, 4.69) is 4.74 Å². The minimum absolute atomic E-state index is 0.0170. The van der Waals surface area contributed by atoms with E-state index in [-0.39, 0.29) is 11.3 Å². The molecule has 0 amide bonds. The molecule has 5 heteroatoms. The van der Waals surface area contributed by atoms with E-state index < -0.39 is 24.0 Å². The summed E-state index contributed by atoms with van der Waals surface area (Å²) in [4.78, 5) is 10.3. The number of rotatable bonds is 3. The van der Waals surface area contributed by atoms with Crippen molar-refractivity contribution in [3.8, 4) is 11.5 Å². The van der Waals surface area contributed by atoms with Gasteiger partial charge in [-0.15, -0.1) is 0 Å². The maximum absolute atomic E-state index is 13.2. The van der Waals surface area contributed by atoms with E-state index in [0.29, 0.717) is 0 Å². The number of carboxylic acids is 1. The van der Waals surface area contributed by atoms with Crippen molar-refractivity contribution >= 4 is 5.97 Å². The highest BCUT2D eigenvalue weighted by molar-refractivity contribution is 5.70. The van der Waals surface area contributed by atoms with Gasteiger partial charge in [-0.25, -0.2) is 4.39 Å². The molecule has 0 radical (unpaired) electrons. The predicted molar refractivity (Wildman–Crippen MR) is 46.0 cm³/mol. The molecule has 0 aliphatic carbocycles. The Morgan fingerprint density at radius 3 is 2.71 bits per heavy atom. The van der Waals surface area contributed by atoms with Gasteiger partial charge in [0, 0.05) is 5.56 Å². The number of halogens is 1. The number of phenols is 1. The number of hydrogen-bond donors (Lipinski definition) is 2. The topological polar surface area (TPSA) is 66.8 Å². The third kappa shape index (κ3) is 1.93. The summed E-state index contributed by atoms with van der Waals surface area (Å²) in [6.45, 7) is 0. The maximum atomic E-state index is 13.2. The monoisotopic (exact) mass is 200 g/mol. The first-order chi connectivity index (χ1) is 6.56. The number of aromatic hydroxyl groups is 1. The zero-order chi connectivity index (χ0) is 10.7. The SMILES string of the molecule is COc1ccc(CC(=O)O)c(F)c1O. The van der Waals surface area contributed by atoms with Crippen molar-refractivity contribution in [1.82, 2.24) is 0 Å². The van der Waals surface area contributed by atoms with Crippen LogP contribution in [0.15, 0.2) is 12.1 Å². The van der Waals surface area contributed by atoms with Gasteiger partial charge in [0.2, 0.25) is 0 Å². The largest absolute Gasteiger partial charge is 0.502 e. The van der Waals surface area contributed by atoms with Gasteiger partial charge in [0.25, 0.3) is 0 Å². The molecule has 0 bridgehead atoms. The van der Waals surface area contributed by atoms with E-state index in [9.17, 15) is 14.3 Å². The summed E-state index contributed by atoms with van der Waals surface area (Å²) in [5.74, 6) is -2.79. The maximum Gasteiger partial charge on any atom is 0.307 e. The van der Waals surface area contributed by atoms with Crippen LogP contribution >= 0.6 is 0 Å². The quantitative estimate of drug-likeness (QED) is 0.768. The molecule has 0 unspecified atom stereocenters. The van der Waals surface area contributed by atoms with Crippen molar-refractivity contribution in [2.24, 2.45) is 0 Å². The van der Waals surface area contributed by atoms with Crippen LogP contribution < -0.4 is 4.74 Å². The van der Waals surface area contributed by atoms with Gasteiger partial charge in [0.05, 0.1) is 13.5 Å². The zero-order valence-corrected chi connectivity index (χ0v) is 7.45. The normalized spacial score (nSPS) is 9.86. The lowest BCUT2D eigenvalue weighted by Crippen LogP contribution is -2.03. The van der Waals surface area contributed by atoms with E-state index in [1.54, 1.807) is 0 Å². The number of aliphatic carboxylic acids is 1. The Morgan fingerprint density at radius 1 is 1.57 bits per heavy atom. The van der Waals surface area contributed by atoms with Crippen LogP contribution in [0.2, 0.25) is 0 Å². The lowest BCUT2D eigenvalue weighted by Gasteiger charge is -2.06. The lowest BCUT2D eigenvalue weighted by atomic mass is 10.1. The van der Waals surface area contributed by atoms with Crippen molar-refractivity contribution in [1.29, 1.82) is 0 Å². The fourth-order valence-corrected chi connectivity index (χ4v) is 1.05. The van der Waals surface area contributed by atoms with Crippen molar-refractivity contribution in [2.45, 2.75) is 6.42 Å². The van der Waals surface area contributed by atoms with Crippen LogP contribution in [0.5, 0.6) is 11.5 Å². The van der Waals surface area contributed by atoms with Gasteiger partial charge in [-0.1, -0.05) is 6.07 Å². The van der Waals surface area contributed by atoms with Crippen LogP contribution in [-0.2, 0) is 11.2 Å². The predicted octanol–water partition coefficient (Wildman–Crippen LogP) is 1.17. The summed E-state index contributed by atoms with van der Waals surface area (Å²) in [6.07, 6.45) is -0.469. The molecular formula is C9H9FO4. The van der Waals surface area contributed by atoms with Gasteiger partial charge in [0.15, 0.2) is 17.3 Å². The van der Waals surface area contributed by atoms with Crippen LogP contribution in [0.1, 0.15) is 5.56 Å². The first kappa shape index (κ1) is 10.3. The Kier molecular flexibility index (Phi) is 2.91. The van der Waals surface area contributed by atoms with E-state index >= 15 is 0 Å². The standard InChI is InChI=1S/C9H9FO4/c1-14-6-3-2-5(4-7(11)12)8(10)9(6)13/h2-3,13H,4H2,1H3,(H,11,12). The first-order valence-corrected chi connectivity index (χ1v) is 3.82.